The highest BCUT2D eigenvalue weighted by Crippen LogP contribution is 2.26. The molecule has 0 bridgehead atoms. The molecule has 0 atom stereocenters. The molecule has 0 unspecified atom stereocenters. The standard InChI is InChI=1S/C15H14O4S/c1-19-15(18)8-13(17)9-20-14-5-3-10-6-12(16)4-2-11(10)7-14/h2-7,16H,8-9H2,1H3. The van der Waals surface area contributed by atoms with Crippen molar-refractivity contribution in [1.82, 2.24) is 0 Å². The number of methoxy groups -OCH3 is 1. The van der Waals surface area contributed by atoms with Gasteiger partial charge in [0.25, 0.3) is 0 Å². The average Bonchev–Trinajstić information content (AvgIpc) is 2.44. The minimum atomic E-state index is -0.510. The van der Waals surface area contributed by atoms with Crippen molar-refractivity contribution in [2.45, 2.75) is 11.3 Å². The van der Waals surface area contributed by atoms with E-state index >= 15 is 0 Å². The first-order chi connectivity index (χ1) is 9.58. The van der Waals surface area contributed by atoms with Crippen LogP contribution < -0.4 is 0 Å². The molecule has 0 saturated heterocycles. The van der Waals surface area contributed by atoms with Crippen LogP contribution in [-0.2, 0) is 14.3 Å². The number of thioether (sulfide) groups is 1. The van der Waals surface area contributed by atoms with Gasteiger partial charge >= 0.3 is 5.97 Å². The molecule has 0 aliphatic carbocycles. The Kier molecular flexibility index (Phi) is 4.63. The van der Waals surface area contributed by atoms with Crippen LogP contribution in [0.15, 0.2) is 41.3 Å². The maximum absolute atomic E-state index is 11.5. The Morgan fingerprint density at radius 1 is 1.15 bits per heavy atom. The third-order valence-corrected chi connectivity index (χ3v) is 3.82. The van der Waals surface area contributed by atoms with Crippen molar-refractivity contribution in [1.29, 1.82) is 0 Å². The maximum Gasteiger partial charge on any atom is 0.313 e. The first kappa shape index (κ1) is 14.4. The monoisotopic (exact) mass is 290 g/mol. The molecule has 0 aliphatic heterocycles. The molecule has 0 aliphatic rings. The average molecular weight is 290 g/mol. The number of phenols is 1. The summed E-state index contributed by atoms with van der Waals surface area (Å²) in [7, 11) is 1.27. The Labute approximate surface area is 120 Å². The van der Waals surface area contributed by atoms with E-state index in [4.69, 9.17) is 0 Å². The van der Waals surface area contributed by atoms with E-state index in [9.17, 15) is 14.7 Å². The summed E-state index contributed by atoms with van der Waals surface area (Å²) in [5.41, 5.74) is 0. The van der Waals surface area contributed by atoms with Crippen LogP contribution in [0.5, 0.6) is 5.75 Å². The molecule has 0 fully saturated rings. The number of fused-ring (bicyclic) bond motifs is 1. The number of hydrogen-bond acceptors (Lipinski definition) is 5. The zero-order valence-corrected chi connectivity index (χ0v) is 11.8. The predicted molar refractivity (Wildman–Crippen MR) is 78.0 cm³/mol. The Bertz CT molecular complexity index is 651. The van der Waals surface area contributed by atoms with Crippen LogP contribution in [0.1, 0.15) is 6.42 Å². The highest BCUT2D eigenvalue weighted by Gasteiger charge is 2.10. The Balaban J connectivity index is 2.01. The van der Waals surface area contributed by atoms with Gasteiger partial charge in [0.05, 0.1) is 12.9 Å². The summed E-state index contributed by atoms with van der Waals surface area (Å²) in [4.78, 5) is 23.4. The van der Waals surface area contributed by atoms with E-state index in [1.54, 1.807) is 12.1 Å². The van der Waals surface area contributed by atoms with Gasteiger partial charge in [-0.15, -0.1) is 11.8 Å². The van der Waals surface area contributed by atoms with E-state index in [0.717, 1.165) is 15.7 Å². The summed E-state index contributed by atoms with van der Waals surface area (Å²) in [6, 6.07) is 10.9. The second-order valence-corrected chi connectivity index (χ2v) is 5.32. The normalized spacial score (nSPS) is 10.4. The minimum Gasteiger partial charge on any atom is -0.508 e. The van der Waals surface area contributed by atoms with Crippen LogP contribution in [0.3, 0.4) is 0 Å². The molecule has 1 N–H and O–H groups in total. The molecular formula is C15H14O4S. The number of carbonyl (C=O) groups is 2. The number of benzene rings is 2. The first-order valence-electron chi connectivity index (χ1n) is 6.02. The quantitative estimate of drug-likeness (QED) is 0.521. The topological polar surface area (TPSA) is 63.6 Å². The number of aromatic hydroxyl groups is 1. The van der Waals surface area contributed by atoms with Crippen LogP contribution in [0.2, 0.25) is 0 Å². The van der Waals surface area contributed by atoms with Gasteiger partial charge in [0.15, 0.2) is 5.78 Å². The van der Waals surface area contributed by atoms with E-state index < -0.39 is 5.97 Å². The van der Waals surface area contributed by atoms with Gasteiger partial charge in [-0.25, -0.2) is 0 Å². The highest BCUT2D eigenvalue weighted by molar-refractivity contribution is 8.00. The SMILES string of the molecule is COC(=O)CC(=O)CSc1ccc2cc(O)ccc2c1. The van der Waals surface area contributed by atoms with E-state index in [0.29, 0.717) is 0 Å². The fourth-order valence-electron chi connectivity index (χ4n) is 1.75. The van der Waals surface area contributed by atoms with Gasteiger partial charge in [-0.2, -0.15) is 0 Å². The third kappa shape index (κ3) is 3.74. The van der Waals surface area contributed by atoms with Gasteiger partial charge in [-0.05, 0) is 35.0 Å². The van der Waals surface area contributed by atoms with Gasteiger partial charge in [-0.1, -0.05) is 12.1 Å². The Morgan fingerprint density at radius 2 is 1.85 bits per heavy atom. The second kappa shape index (κ2) is 6.43. The van der Waals surface area contributed by atoms with E-state index in [1.165, 1.54) is 18.9 Å². The van der Waals surface area contributed by atoms with E-state index in [1.807, 2.05) is 24.3 Å². The predicted octanol–water partition coefficient (Wildman–Crippen LogP) is 2.77. The number of carbonyl (C=O) groups excluding carboxylic acids is 2. The molecule has 0 radical (unpaired) electrons. The fourth-order valence-corrected chi connectivity index (χ4v) is 2.55. The smallest absolute Gasteiger partial charge is 0.313 e. The van der Waals surface area contributed by atoms with Crippen LogP contribution in [0, 0.1) is 0 Å². The van der Waals surface area contributed by atoms with E-state index in [-0.39, 0.29) is 23.7 Å². The fraction of sp³-hybridized carbons (Fsp3) is 0.200. The molecule has 20 heavy (non-hydrogen) atoms. The molecule has 2 aromatic rings. The van der Waals surface area contributed by atoms with Crippen molar-refractivity contribution < 1.29 is 19.4 Å². The number of rotatable bonds is 5. The van der Waals surface area contributed by atoms with Crippen molar-refractivity contribution in [3.63, 3.8) is 0 Å². The van der Waals surface area contributed by atoms with Crippen LogP contribution >= 0.6 is 11.8 Å². The molecule has 0 spiro atoms. The molecule has 0 aromatic heterocycles. The summed E-state index contributed by atoms with van der Waals surface area (Å²) in [5, 5.41) is 11.3. The molecule has 0 saturated carbocycles. The molecular weight excluding hydrogens is 276 g/mol. The van der Waals surface area contributed by atoms with Crippen molar-refractivity contribution in [2.24, 2.45) is 0 Å². The maximum atomic E-state index is 11.5. The third-order valence-electron chi connectivity index (χ3n) is 2.76. The summed E-state index contributed by atoms with van der Waals surface area (Å²) >= 11 is 1.38. The van der Waals surface area contributed by atoms with Gasteiger partial charge in [0.1, 0.15) is 12.2 Å². The zero-order valence-electron chi connectivity index (χ0n) is 11.0. The van der Waals surface area contributed by atoms with Crippen LogP contribution in [-0.4, -0.2) is 29.7 Å². The Morgan fingerprint density at radius 3 is 2.60 bits per heavy atom. The molecule has 2 rings (SSSR count). The second-order valence-electron chi connectivity index (χ2n) is 4.27. The van der Waals surface area contributed by atoms with Crippen LogP contribution in [0.4, 0.5) is 0 Å². The molecule has 5 heteroatoms. The van der Waals surface area contributed by atoms with Crippen molar-refractivity contribution in [3.8, 4) is 5.75 Å². The summed E-state index contributed by atoms with van der Waals surface area (Å²) in [6.07, 6.45) is -0.190. The zero-order chi connectivity index (χ0) is 14.5. The molecule has 104 valence electrons. The summed E-state index contributed by atoms with van der Waals surface area (Å²) in [5.74, 6) is -0.206. The molecule has 0 amide bonds. The number of Topliss-reactive ketones (excluding diaryl/α,β-unsaturated/α-hetero) is 1. The number of esters is 1. The molecule has 2 aromatic carbocycles. The van der Waals surface area contributed by atoms with Crippen molar-refractivity contribution >= 4 is 34.3 Å². The molecule has 0 heterocycles. The largest absolute Gasteiger partial charge is 0.508 e. The summed E-state index contributed by atoms with van der Waals surface area (Å²) in [6.45, 7) is 0. The first-order valence-corrected chi connectivity index (χ1v) is 7.01. The lowest BCUT2D eigenvalue weighted by Crippen LogP contribution is -2.10. The van der Waals surface area contributed by atoms with Crippen molar-refractivity contribution in [2.75, 3.05) is 12.9 Å². The lowest BCUT2D eigenvalue weighted by Gasteiger charge is -2.04. The van der Waals surface area contributed by atoms with Gasteiger partial charge in [0.2, 0.25) is 0 Å². The minimum absolute atomic E-state index is 0.160. The molecule has 4 nitrogen and oxygen atoms in total. The Hall–Kier alpha value is -2.01. The number of ether oxygens (including phenoxy) is 1. The number of ketones is 1. The summed E-state index contributed by atoms with van der Waals surface area (Å²) < 4.78 is 4.45. The van der Waals surface area contributed by atoms with Gasteiger partial charge in [-0.3, -0.25) is 9.59 Å². The van der Waals surface area contributed by atoms with Gasteiger partial charge < -0.3 is 9.84 Å². The van der Waals surface area contributed by atoms with E-state index in [2.05, 4.69) is 4.74 Å². The van der Waals surface area contributed by atoms with Crippen molar-refractivity contribution in [3.05, 3.63) is 36.4 Å². The van der Waals surface area contributed by atoms with Crippen LogP contribution in [0.25, 0.3) is 10.8 Å². The van der Waals surface area contributed by atoms with Gasteiger partial charge in [0, 0.05) is 4.90 Å². The lowest BCUT2D eigenvalue weighted by molar-refractivity contribution is -0.142. The number of phenolic OH excluding ortho intramolecular Hbond substituents is 1. The lowest BCUT2D eigenvalue weighted by atomic mass is 10.1. The highest BCUT2D eigenvalue weighted by atomic mass is 32.2. The number of hydrogen-bond donors (Lipinski definition) is 1.